The average molecular weight is 455 g/mol. The Morgan fingerprint density at radius 3 is 2.48 bits per heavy atom. The maximum absolute atomic E-state index is 13.2. The molecule has 1 aromatic heterocycles. The van der Waals surface area contributed by atoms with E-state index < -0.39 is 5.97 Å². The predicted octanol–water partition coefficient (Wildman–Crippen LogP) is 5.30. The molecule has 0 aliphatic carbocycles. The lowest BCUT2D eigenvalue weighted by Crippen LogP contribution is -2.34. The summed E-state index contributed by atoms with van der Waals surface area (Å²) in [5, 5.41) is 0.534. The molecule has 0 unspecified atom stereocenters. The third kappa shape index (κ3) is 6.18. The summed E-state index contributed by atoms with van der Waals surface area (Å²) in [6, 6.07) is 18.1. The number of carbonyl (C=O) groups excluding carboxylic acids is 2. The molecule has 0 saturated carbocycles. The molecule has 31 heavy (non-hydrogen) atoms. The van der Waals surface area contributed by atoms with Gasteiger partial charge in [0, 0.05) is 16.3 Å². The standard InChI is InChI=1S/C24H26N2O3S2/c1-4-29-23(28)22-18(3)31-24(25-22)26(15-14-19-11-6-5-7-12-19)21(27)16-30-20-13-9-8-10-17(20)2/h5-13H,4,14-16H2,1-3H3. The Kier molecular flexibility index (Phi) is 8.26. The minimum atomic E-state index is -0.452. The van der Waals surface area contributed by atoms with Crippen LogP contribution in [0, 0.1) is 13.8 Å². The van der Waals surface area contributed by atoms with Crippen molar-refractivity contribution in [2.45, 2.75) is 32.1 Å². The van der Waals surface area contributed by atoms with Gasteiger partial charge in [-0.3, -0.25) is 9.69 Å². The number of nitrogens with zero attached hydrogens (tertiary/aromatic N) is 2. The minimum Gasteiger partial charge on any atom is -0.461 e. The van der Waals surface area contributed by atoms with Gasteiger partial charge in [0.1, 0.15) is 0 Å². The van der Waals surface area contributed by atoms with Crippen molar-refractivity contribution in [1.29, 1.82) is 0 Å². The van der Waals surface area contributed by atoms with Crippen molar-refractivity contribution in [1.82, 2.24) is 4.98 Å². The van der Waals surface area contributed by atoms with Crippen molar-refractivity contribution in [3.8, 4) is 0 Å². The van der Waals surface area contributed by atoms with Crippen LogP contribution in [-0.4, -0.2) is 35.8 Å². The fraction of sp³-hybridized carbons (Fsp3) is 0.292. The molecule has 3 aromatic rings. The van der Waals surface area contributed by atoms with Crippen LogP contribution < -0.4 is 4.90 Å². The lowest BCUT2D eigenvalue weighted by atomic mass is 10.1. The first-order valence-electron chi connectivity index (χ1n) is 10.2. The second-order valence-corrected chi connectivity index (χ2v) is 9.16. The van der Waals surface area contributed by atoms with E-state index in [2.05, 4.69) is 4.98 Å². The highest BCUT2D eigenvalue weighted by molar-refractivity contribution is 8.00. The van der Waals surface area contributed by atoms with Crippen LogP contribution in [0.2, 0.25) is 0 Å². The first kappa shape index (κ1) is 23.0. The molecule has 162 valence electrons. The van der Waals surface area contributed by atoms with Gasteiger partial charge in [0.05, 0.1) is 12.4 Å². The van der Waals surface area contributed by atoms with E-state index in [9.17, 15) is 9.59 Å². The number of thioether (sulfide) groups is 1. The summed E-state index contributed by atoms with van der Waals surface area (Å²) in [4.78, 5) is 33.4. The average Bonchev–Trinajstić information content (AvgIpc) is 3.15. The summed E-state index contributed by atoms with van der Waals surface area (Å²) in [5.74, 6) is -0.187. The molecule has 0 atom stereocenters. The summed E-state index contributed by atoms with van der Waals surface area (Å²) in [6.45, 7) is 6.41. The summed E-state index contributed by atoms with van der Waals surface area (Å²) in [5.41, 5.74) is 2.57. The molecule has 0 bridgehead atoms. The molecule has 0 spiro atoms. The van der Waals surface area contributed by atoms with Crippen LogP contribution in [0.3, 0.4) is 0 Å². The van der Waals surface area contributed by atoms with Crippen molar-refractivity contribution in [2.75, 3.05) is 23.8 Å². The second-order valence-electron chi connectivity index (χ2n) is 6.96. The maximum atomic E-state index is 13.2. The van der Waals surface area contributed by atoms with Crippen LogP contribution >= 0.6 is 23.1 Å². The highest BCUT2D eigenvalue weighted by Crippen LogP contribution is 2.29. The number of ether oxygens (including phenoxy) is 1. The van der Waals surface area contributed by atoms with Gasteiger partial charge in [0.15, 0.2) is 10.8 Å². The van der Waals surface area contributed by atoms with Crippen LogP contribution in [0.25, 0.3) is 0 Å². The molecule has 0 fully saturated rings. The second kappa shape index (κ2) is 11.1. The maximum Gasteiger partial charge on any atom is 0.358 e. The molecule has 0 aliphatic heterocycles. The number of esters is 1. The van der Waals surface area contributed by atoms with E-state index in [4.69, 9.17) is 4.74 Å². The normalized spacial score (nSPS) is 10.7. The van der Waals surface area contributed by atoms with Crippen LogP contribution in [0.15, 0.2) is 59.5 Å². The fourth-order valence-corrected chi connectivity index (χ4v) is 4.88. The van der Waals surface area contributed by atoms with E-state index in [0.717, 1.165) is 20.9 Å². The fourth-order valence-electron chi connectivity index (χ4n) is 3.04. The van der Waals surface area contributed by atoms with Gasteiger partial charge in [-0.1, -0.05) is 48.5 Å². The van der Waals surface area contributed by atoms with Gasteiger partial charge in [0.25, 0.3) is 0 Å². The zero-order chi connectivity index (χ0) is 22.2. The Morgan fingerprint density at radius 1 is 1.06 bits per heavy atom. The van der Waals surface area contributed by atoms with Crippen molar-refractivity contribution in [3.05, 3.63) is 76.3 Å². The van der Waals surface area contributed by atoms with Crippen molar-refractivity contribution in [3.63, 3.8) is 0 Å². The Bertz CT molecular complexity index is 1030. The molecule has 5 nitrogen and oxygen atoms in total. The number of hydrogen-bond donors (Lipinski definition) is 0. The molecule has 1 heterocycles. The number of carbonyl (C=O) groups is 2. The van der Waals surface area contributed by atoms with Gasteiger partial charge in [-0.25, -0.2) is 9.78 Å². The Morgan fingerprint density at radius 2 is 1.77 bits per heavy atom. The first-order chi connectivity index (χ1) is 15.0. The van der Waals surface area contributed by atoms with Crippen LogP contribution in [0.4, 0.5) is 5.13 Å². The van der Waals surface area contributed by atoms with Crippen LogP contribution in [0.1, 0.15) is 33.4 Å². The Labute approximate surface area is 191 Å². The number of aryl methyl sites for hydroxylation is 2. The molecule has 0 aliphatic rings. The van der Waals surface area contributed by atoms with Gasteiger partial charge in [-0.05, 0) is 44.4 Å². The molecule has 1 amide bonds. The zero-order valence-corrected chi connectivity index (χ0v) is 19.6. The summed E-state index contributed by atoms with van der Waals surface area (Å²) < 4.78 is 5.11. The number of hydrogen-bond acceptors (Lipinski definition) is 6. The van der Waals surface area contributed by atoms with E-state index in [-0.39, 0.29) is 18.2 Å². The molecular weight excluding hydrogens is 428 g/mol. The molecule has 7 heteroatoms. The van der Waals surface area contributed by atoms with E-state index in [0.29, 0.717) is 23.8 Å². The molecular formula is C24H26N2O3S2. The quantitative estimate of drug-likeness (QED) is 0.324. The van der Waals surface area contributed by atoms with E-state index >= 15 is 0 Å². The Hall–Kier alpha value is -2.64. The van der Waals surface area contributed by atoms with Gasteiger partial charge in [0.2, 0.25) is 5.91 Å². The van der Waals surface area contributed by atoms with E-state index in [1.54, 1.807) is 11.8 Å². The Balaban J connectivity index is 1.80. The minimum absolute atomic E-state index is 0.0339. The molecule has 0 N–H and O–H groups in total. The van der Waals surface area contributed by atoms with Gasteiger partial charge < -0.3 is 4.74 Å². The molecule has 3 rings (SSSR count). The predicted molar refractivity (Wildman–Crippen MR) is 127 cm³/mol. The molecule has 0 saturated heterocycles. The van der Waals surface area contributed by atoms with Gasteiger partial charge >= 0.3 is 5.97 Å². The number of thiazole rings is 1. The van der Waals surface area contributed by atoms with Crippen molar-refractivity contribution in [2.24, 2.45) is 0 Å². The number of amides is 1. The van der Waals surface area contributed by atoms with E-state index in [1.807, 2.05) is 68.4 Å². The first-order valence-corrected chi connectivity index (χ1v) is 12.0. The smallest absolute Gasteiger partial charge is 0.358 e. The van der Waals surface area contributed by atoms with Gasteiger partial charge in [-0.15, -0.1) is 23.1 Å². The number of benzene rings is 2. The lowest BCUT2D eigenvalue weighted by Gasteiger charge is -2.20. The van der Waals surface area contributed by atoms with Crippen LogP contribution in [-0.2, 0) is 16.0 Å². The summed E-state index contributed by atoms with van der Waals surface area (Å²) in [7, 11) is 0. The molecule has 2 aromatic carbocycles. The third-order valence-electron chi connectivity index (χ3n) is 4.70. The third-order valence-corrected chi connectivity index (χ3v) is 6.85. The number of anilines is 1. The van der Waals surface area contributed by atoms with Crippen molar-refractivity contribution < 1.29 is 14.3 Å². The molecule has 0 radical (unpaired) electrons. The summed E-state index contributed by atoms with van der Waals surface area (Å²) in [6.07, 6.45) is 0.703. The monoisotopic (exact) mass is 454 g/mol. The van der Waals surface area contributed by atoms with Crippen LogP contribution in [0.5, 0.6) is 0 Å². The lowest BCUT2D eigenvalue weighted by molar-refractivity contribution is -0.116. The zero-order valence-electron chi connectivity index (χ0n) is 18.0. The SMILES string of the molecule is CCOC(=O)c1nc(N(CCc2ccccc2)C(=O)CSc2ccccc2C)sc1C. The summed E-state index contributed by atoms with van der Waals surface area (Å²) >= 11 is 2.87. The largest absolute Gasteiger partial charge is 0.461 e. The van der Waals surface area contributed by atoms with E-state index in [1.165, 1.54) is 23.1 Å². The topological polar surface area (TPSA) is 59.5 Å². The van der Waals surface area contributed by atoms with Crippen molar-refractivity contribution >= 4 is 40.1 Å². The number of aromatic nitrogens is 1. The van der Waals surface area contributed by atoms with Gasteiger partial charge in [-0.2, -0.15) is 0 Å². The highest BCUT2D eigenvalue weighted by Gasteiger charge is 2.24. The number of rotatable bonds is 9. The highest BCUT2D eigenvalue weighted by atomic mass is 32.2.